The van der Waals surface area contributed by atoms with E-state index in [0.717, 1.165) is 0 Å². The second kappa shape index (κ2) is 6.30. The largest absolute Gasteiger partial charge is 0.496 e. The molecule has 0 radical (unpaired) electrons. The molecule has 1 heterocycles. The van der Waals surface area contributed by atoms with E-state index in [1.165, 1.54) is 25.5 Å². The fourth-order valence-corrected chi connectivity index (χ4v) is 3.24. The van der Waals surface area contributed by atoms with Crippen molar-refractivity contribution in [3.8, 4) is 5.75 Å². The highest BCUT2D eigenvalue weighted by atomic mass is 32.2. The summed E-state index contributed by atoms with van der Waals surface area (Å²) < 4.78 is 37.6. The number of furan rings is 1. The number of nitrogens with one attached hydrogen (secondary N) is 1. The summed E-state index contributed by atoms with van der Waals surface area (Å²) >= 11 is 0. The summed E-state index contributed by atoms with van der Waals surface area (Å²) in [4.78, 5) is 0.141. The molecule has 0 amide bonds. The van der Waals surface area contributed by atoms with E-state index in [4.69, 9.17) is 14.9 Å². The first-order valence-electron chi connectivity index (χ1n) is 6.40. The van der Waals surface area contributed by atoms with Crippen LogP contribution in [0.25, 0.3) is 0 Å². The van der Waals surface area contributed by atoms with Gasteiger partial charge in [0.2, 0.25) is 10.0 Å². The zero-order valence-electron chi connectivity index (χ0n) is 11.9. The van der Waals surface area contributed by atoms with Gasteiger partial charge in [0.25, 0.3) is 0 Å². The van der Waals surface area contributed by atoms with Crippen LogP contribution in [0.2, 0.25) is 0 Å². The van der Waals surface area contributed by atoms with Gasteiger partial charge in [-0.15, -0.1) is 0 Å². The number of benzene rings is 1. The second-order valence-corrected chi connectivity index (χ2v) is 6.25. The third-order valence-electron chi connectivity index (χ3n) is 3.08. The van der Waals surface area contributed by atoms with Crippen LogP contribution in [0.3, 0.4) is 0 Å². The number of hydrogen-bond donors (Lipinski definition) is 2. The van der Waals surface area contributed by atoms with Crippen LogP contribution >= 0.6 is 0 Å². The Morgan fingerprint density at radius 2 is 2.14 bits per heavy atom. The van der Waals surface area contributed by atoms with Crippen molar-refractivity contribution >= 4 is 10.0 Å². The van der Waals surface area contributed by atoms with Gasteiger partial charge < -0.3 is 14.9 Å². The molecule has 2 aromatic rings. The molecule has 21 heavy (non-hydrogen) atoms. The predicted molar refractivity (Wildman–Crippen MR) is 78.3 cm³/mol. The van der Waals surface area contributed by atoms with Crippen LogP contribution in [-0.2, 0) is 16.6 Å². The van der Waals surface area contributed by atoms with Gasteiger partial charge in [-0.05, 0) is 37.3 Å². The second-order valence-electron chi connectivity index (χ2n) is 4.54. The Kier molecular flexibility index (Phi) is 4.66. The number of methoxy groups -OCH3 is 1. The number of sulfonamides is 1. The number of hydrogen-bond acceptors (Lipinski definition) is 5. The molecule has 0 fully saturated rings. The van der Waals surface area contributed by atoms with Crippen molar-refractivity contribution in [2.45, 2.75) is 24.4 Å². The quantitative estimate of drug-likeness (QED) is 0.848. The lowest BCUT2D eigenvalue weighted by Crippen LogP contribution is -2.26. The summed E-state index contributed by atoms with van der Waals surface area (Å²) in [7, 11) is -2.15. The lowest BCUT2D eigenvalue weighted by molar-refractivity contribution is 0.409. The van der Waals surface area contributed by atoms with Gasteiger partial charge in [-0.2, -0.15) is 0 Å². The van der Waals surface area contributed by atoms with Crippen LogP contribution < -0.4 is 15.2 Å². The van der Waals surface area contributed by atoms with Gasteiger partial charge in [-0.1, -0.05) is 0 Å². The summed E-state index contributed by atoms with van der Waals surface area (Å²) in [6.45, 7) is 1.91. The van der Waals surface area contributed by atoms with Crippen LogP contribution in [0.1, 0.15) is 24.3 Å². The van der Waals surface area contributed by atoms with E-state index in [9.17, 15) is 8.42 Å². The molecule has 0 saturated heterocycles. The van der Waals surface area contributed by atoms with Crippen molar-refractivity contribution in [1.29, 1.82) is 0 Å². The molecule has 1 aromatic carbocycles. The molecule has 2 rings (SSSR count). The molecule has 0 bridgehead atoms. The highest BCUT2D eigenvalue weighted by Crippen LogP contribution is 2.23. The summed E-state index contributed by atoms with van der Waals surface area (Å²) in [5.41, 5.74) is 6.24. The topological polar surface area (TPSA) is 94.6 Å². The average Bonchev–Trinajstić information content (AvgIpc) is 3.00. The zero-order valence-corrected chi connectivity index (χ0v) is 12.7. The highest BCUT2D eigenvalue weighted by molar-refractivity contribution is 7.89. The van der Waals surface area contributed by atoms with Crippen molar-refractivity contribution in [1.82, 2.24) is 4.72 Å². The molecule has 1 aromatic heterocycles. The highest BCUT2D eigenvalue weighted by Gasteiger charge is 2.20. The standard InChI is InChI=1S/C14H18N2O4S/c1-10(13-4-3-7-20-13)16-21(17,18)12-5-6-14(19-2)11(8-12)9-15/h3-8,10,16H,9,15H2,1-2H3. The number of ether oxygens (including phenoxy) is 1. The molecular formula is C14H18N2O4S. The van der Waals surface area contributed by atoms with Crippen molar-refractivity contribution in [3.05, 3.63) is 47.9 Å². The maximum Gasteiger partial charge on any atom is 0.241 e. The minimum Gasteiger partial charge on any atom is -0.496 e. The van der Waals surface area contributed by atoms with Crippen molar-refractivity contribution < 1.29 is 17.6 Å². The Hall–Kier alpha value is -1.83. The van der Waals surface area contributed by atoms with Crippen molar-refractivity contribution in [2.75, 3.05) is 7.11 Å². The summed E-state index contributed by atoms with van der Waals surface area (Å²) in [5.74, 6) is 1.11. The molecule has 3 N–H and O–H groups in total. The molecule has 7 heteroatoms. The molecule has 114 valence electrons. The third kappa shape index (κ3) is 3.44. The van der Waals surface area contributed by atoms with Crippen LogP contribution in [0.4, 0.5) is 0 Å². The lowest BCUT2D eigenvalue weighted by Gasteiger charge is -2.14. The minimum atomic E-state index is -3.66. The van der Waals surface area contributed by atoms with Crippen LogP contribution in [0, 0.1) is 0 Å². The third-order valence-corrected chi connectivity index (χ3v) is 4.62. The fourth-order valence-electron chi connectivity index (χ4n) is 1.98. The Morgan fingerprint density at radius 3 is 2.71 bits per heavy atom. The Balaban J connectivity index is 2.27. The van der Waals surface area contributed by atoms with Crippen molar-refractivity contribution in [3.63, 3.8) is 0 Å². The van der Waals surface area contributed by atoms with Crippen LogP contribution in [0.5, 0.6) is 5.75 Å². The number of rotatable bonds is 6. The molecule has 0 aliphatic carbocycles. The number of nitrogens with two attached hydrogens (primary N) is 1. The van der Waals surface area contributed by atoms with E-state index >= 15 is 0 Å². The van der Waals surface area contributed by atoms with Crippen LogP contribution in [-0.4, -0.2) is 15.5 Å². The maximum absolute atomic E-state index is 12.4. The summed E-state index contributed by atoms with van der Waals surface area (Å²) in [6.07, 6.45) is 1.50. The molecule has 6 nitrogen and oxygen atoms in total. The lowest BCUT2D eigenvalue weighted by atomic mass is 10.2. The van der Waals surface area contributed by atoms with E-state index in [-0.39, 0.29) is 11.4 Å². The van der Waals surface area contributed by atoms with E-state index in [0.29, 0.717) is 17.1 Å². The van der Waals surface area contributed by atoms with Gasteiger partial charge in [0.15, 0.2) is 0 Å². The first kappa shape index (κ1) is 15.6. The maximum atomic E-state index is 12.4. The van der Waals surface area contributed by atoms with Gasteiger partial charge in [0, 0.05) is 12.1 Å². The molecule has 0 aliphatic rings. The SMILES string of the molecule is COc1ccc(S(=O)(=O)NC(C)c2ccco2)cc1CN. The van der Waals surface area contributed by atoms with Crippen LogP contribution in [0.15, 0.2) is 45.9 Å². The van der Waals surface area contributed by atoms with E-state index in [1.807, 2.05) is 0 Å². The fraction of sp³-hybridized carbons (Fsp3) is 0.286. The molecule has 1 atom stereocenters. The minimum absolute atomic E-state index is 0.141. The first-order chi connectivity index (χ1) is 9.97. The summed E-state index contributed by atoms with van der Waals surface area (Å²) in [6, 6.07) is 7.54. The van der Waals surface area contributed by atoms with Gasteiger partial charge in [0.1, 0.15) is 11.5 Å². The zero-order chi connectivity index (χ0) is 15.5. The van der Waals surface area contributed by atoms with Gasteiger partial charge in [-0.3, -0.25) is 0 Å². The molecule has 0 spiro atoms. The van der Waals surface area contributed by atoms with Crippen molar-refractivity contribution in [2.24, 2.45) is 5.73 Å². The molecule has 0 aliphatic heterocycles. The summed E-state index contributed by atoms with van der Waals surface area (Å²) in [5, 5.41) is 0. The molecule has 0 saturated carbocycles. The van der Waals surface area contributed by atoms with E-state index < -0.39 is 16.1 Å². The predicted octanol–water partition coefficient (Wildman–Crippen LogP) is 1.79. The average molecular weight is 310 g/mol. The monoisotopic (exact) mass is 310 g/mol. The normalized spacial score (nSPS) is 13.1. The molecular weight excluding hydrogens is 292 g/mol. The Bertz CT molecular complexity index is 696. The van der Waals surface area contributed by atoms with E-state index in [2.05, 4.69) is 4.72 Å². The smallest absolute Gasteiger partial charge is 0.241 e. The Labute approximate surface area is 124 Å². The van der Waals surface area contributed by atoms with Gasteiger partial charge >= 0.3 is 0 Å². The first-order valence-corrected chi connectivity index (χ1v) is 7.89. The van der Waals surface area contributed by atoms with E-state index in [1.54, 1.807) is 25.1 Å². The Morgan fingerprint density at radius 1 is 1.38 bits per heavy atom. The molecule has 1 unspecified atom stereocenters. The van der Waals surface area contributed by atoms with Gasteiger partial charge in [-0.25, -0.2) is 13.1 Å². The van der Waals surface area contributed by atoms with Gasteiger partial charge in [0.05, 0.1) is 24.3 Å².